The maximum atomic E-state index is 10.0. The predicted octanol–water partition coefficient (Wildman–Crippen LogP) is 2.58. The van der Waals surface area contributed by atoms with Crippen molar-refractivity contribution in [3.05, 3.63) is 52.9 Å². The molecular weight excluding hydrogens is 250 g/mol. The van der Waals surface area contributed by atoms with Gasteiger partial charge >= 0.3 is 0 Å². The van der Waals surface area contributed by atoms with E-state index in [4.69, 9.17) is 11.6 Å². The average molecular weight is 264 g/mol. The van der Waals surface area contributed by atoms with Gasteiger partial charge in [0, 0.05) is 18.3 Å². The molecule has 94 valence electrons. The highest BCUT2D eigenvalue weighted by atomic mass is 35.5. The first-order chi connectivity index (χ1) is 8.66. The van der Waals surface area contributed by atoms with Crippen LogP contribution in [-0.2, 0) is 0 Å². The third kappa shape index (κ3) is 3.18. The molecule has 1 aromatic carbocycles. The molecule has 0 amide bonds. The summed E-state index contributed by atoms with van der Waals surface area (Å²) < 4.78 is 0. The summed E-state index contributed by atoms with van der Waals surface area (Å²) in [7, 11) is 0. The van der Waals surface area contributed by atoms with Gasteiger partial charge in [0.15, 0.2) is 0 Å². The van der Waals surface area contributed by atoms with Crippen molar-refractivity contribution >= 4 is 17.4 Å². The zero-order chi connectivity index (χ0) is 13.0. The number of aryl methyl sites for hydroxylation is 1. The van der Waals surface area contributed by atoms with Crippen LogP contribution in [0.1, 0.15) is 17.2 Å². The first-order valence-electron chi connectivity index (χ1n) is 5.63. The molecule has 0 fully saturated rings. The van der Waals surface area contributed by atoms with Crippen molar-refractivity contribution in [2.24, 2.45) is 0 Å². The van der Waals surface area contributed by atoms with Crippen LogP contribution < -0.4 is 5.32 Å². The molecule has 0 aliphatic carbocycles. The van der Waals surface area contributed by atoms with Crippen LogP contribution in [0.15, 0.2) is 36.5 Å². The van der Waals surface area contributed by atoms with Gasteiger partial charge in [0.2, 0.25) is 5.28 Å². The van der Waals surface area contributed by atoms with Crippen molar-refractivity contribution < 1.29 is 5.11 Å². The molecule has 1 aromatic heterocycles. The van der Waals surface area contributed by atoms with Crippen molar-refractivity contribution in [2.75, 3.05) is 11.9 Å². The zero-order valence-corrected chi connectivity index (χ0v) is 10.7. The van der Waals surface area contributed by atoms with Crippen LogP contribution in [0.2, 0.25) is 5.28 Å². The number of nitrogens with zero attached hydrogens (tertiary/aromatic N) is 2. The van der Waals surface area contributed by atoms with Crippen LogP contribution in [0, 0.1) is 6.92 Å². The van der Waals surface area contributed by atoms with Crippen molar-refractivity contribution in [3.63, 3.8) is 0 Å². The predicted molar refractivity (Wildman–Crippen MR) is 71.7 cm³/mol. The van der Waals surface area contributed by atoms with Gasteiger partial charge in [-0.05, 0) is 24.1 Å². The van der Waals surface area contributed by atoms with Gasteiger partial charge in [0.05, 0.1) is 6.10 Å². The molecule has 0 aliphatic heterocycles. The third-order valence-corrected chi connectivity index (χ3v) is 2.77. The first-order valence-corrected chi connectivity index (χ1v) is 6.00. The molecular formula is C13H14ClN3O. The molecule has 2 N–H and O–H groups in total. The number of hydrogen-bond donors (Lipinski definition) is 2. The lowest BCUT2D eigenvalue weighted by Gasteiger charge is -2.13. The van der Waals surface area contributed by atoms with Gasteiger partial charge in [-0.2, -0.15) is 0 Å². The van der Waals surface area contributed by atoms with Crippen LogP contribution in [0.3, 0.4) is 0 Å². The third-order valence-electron chi connectivity index (χ3n) is 2.59. The highest BCUT2D eigenvalue weighted by molar-refractivity contribution is 6.28. The Morgan fingerprint density at radius 1 is 1.33 bits per heavy atom. The first kappa shape index (κ1) is 12.8. The van der Waals surface area contributed by atoms with Gasteiger partial charge in [-0.3, -0.25) is 0 Å². The van der Waals surface area contributed by atoms with Gasteiger partial charge in [0.25, 0.3) is 0 Å². The van der Waals surface area contributed by atoms with Crippen molar-refractivity contribution in [3.8, 4) is 0 Å². The summed E-state index contributed by atoms with van der Waals surface area (Å²) in [5.74, 6) is 0.644. The summed E-state index contributed by atoms with van der Waals surface area (Å²) in [6.07, 6.45) is 1.06. The van der Waals surface area contributed by atoms with Crippen LogP contribution >= 0.6 is 11.6 Å². The van der Waals surface area contributed by atoms with Crippen LogP contribution in [-0.4, -0.2) is 21.6 Å². The molecule has 2 rings (SSSR count). The maximum absolute atomic E-state index is 10.0. The molecule has 1 heterocycles. The molecule has 5 heteroatoms. The molecule has 1 atom stereocenters. The molecule has 0 saturated carbocycles. The Morgan fingerprint density at radius 2 is 2.06 bits per heavy atom. The molecule has 0 aliphatic rings. The second kappa shape index (κ2) is 5.80. The van der Waals surface area contributed by atoms with Crippen molar-refractivity contribution in [1.29, 1.82) is 0 Å². The van der Waals surface area contributed by atoms with Crippen LogP contribution in [0.5, 0.6) is 0 Å². The average Bonchev–Trinajstić information content (AvgIpc) is 2.40. The van der Waals surface area contributed by atoms with E-state index >= 15 is 0 Å². The molecule has 1 unspecified atom stereocenters. The lowest BCUT2D eigenvalue weighted by Crippen LogP contribution is -2.13. The number of hydrogen-bond acceptors (Lipinski definition) is 4. The summed E-state index contributed by atoms with van der Waals surface area (Å²) in [6.45, 7) is 2.26. The molecule has 0 radical (unpaired) electrons. The fourth-order valence-corrected chi connectivity index (χ4v) is 1.72. The van der Waals surface area contributed by atoms with Crippen LogP contribution in [0.25, 0.3) is 0 Å². The standard InChI is InChI=1S/C13H14ClN3O/c1-9-7-16-13(14)17-12(9)15-8-11(18)10-5-3-2-4-6-10/h2-7,11,18H,8H2,1H3,(H,15,16,17). The molecule has 0 bridgehead atoms. The molecule has 0 spiro atoms. The van der Waals surface area contributed by atoms with E-state index < -0.39 is 6.10 Å². The molecule has 4 nitrogen and oxygen atoms in total. The molecule has 0 saturated heterocycles. The number of aromatic nitrogens is 2. The highest BCUT2D eigenvalue weighted by Gasteiger charge is 2.08. The zero-order valence-electron chi connectivity index (χ0n) is 9.97. The van der Waals surface area contributed by atoms with E-state index in [1.54, 1.807) is 6.20 Å². The van der Waals surface area contributed by atoms with Crippen molar-refractivity contribution in [2.45, 2.75) is 13.0 Å². The van der Waals surface area contributed by atoms with Gasteiger partial charge in [-0.15, -0.1) is 0 Å². The van der Waals surface area contributed by atoms with E-state index in [1.807, 2.05) is 37.3 Å². The van der Waals surface area contributed by atoms with Crippen LogP contribution in [0.4, 0.5) is 5.82 Å². The molecule has 18 heavy (non-hydrogen) atoms. The normalized spacial score (nSPS) is 12.2. The minimum Gasteiger partial charge on any atom is -0.387 e. The van der Waals surface area contributed by atoms with E-state index in [9.17, 15) is 5.11 Å². The minimum atomic E-state index is -0.584. The van der Waals surface area contributed by atoms with E-state index in [2.05, 4.69) is 15.3 Å². The number of rotatable bonds is 4. The van der Waals surface area contributed by atoms with E-state index in [-0.39, 0.29) is 5.28 Å². The van der Waals surface area contributed by atoms with Gasteiger partial charge < -0.3 is 10.4 Å². The minimum absolute atomic E-state index is 0.192. The van der Waals surface area contributed by atoms with Gasteiger partial charge in [-0.25, -0.2) is 9.97 Å². The largest absolute Gasteiger partial charge is 0.387 e. The SMILES string of the molecule is Cc1cnc(Cl)nc1NCC(O)c1ccccc1. The second-order valence-electron chi connectivity index (χ2n) is 3.98. The number of aliphatic hydroxyl groups excluding tert-OH is 1. The smallest absolute Gasteiger partial charge is 0.224 e. The monoisotopic (exact) mass is 263 g/mol. The summed E-state index contributed by atoms with van der Waals surface area (Å²) in [5.41, 5.74) is 1.75. The van der Waals surface area contributed by atoms with E-state index in [0.717, 1.165) is 11.1 Å². The number of aliphatic hydroxyl groups is 1. The Morgan fingerprint density at radius 3 is 2.78 bits per heavy atom. The number of nitrogens with one attached hydrogen (secondary N) is 1. The van der Waals surface area contributed by atoms with E-state index in [0.29, 0.717) is 12.4 Å². The maximum Gasteiger partial charge on any atom is 0.224 e. The highest BCUT2D eigenvalue weighted by Crippen LogP contribution is 2.16. The Bertz CT molecular complexity index is 519. The van der Waals surface area contributed by atoms with Gasteiger partial charge in [-0.1, -0.05) is 30.3 Å². The number of anilines is 1. The topological polar surface area (TPSA) is 58.0 Å². The Hall–Kier alpha value is -1.65. The second-order valence-corrected chi connectivity index (χ2v) is 4.32. The Labute approximate surface area is 111 Å². The fourth-order valence-electron chi connectivity index (χ4n) is 1.59. The fraction of sp³-hybridized carbons (Fsp3) is 0.231. The van der Waals surface area contributed by atoms with E-state index in [1.165, 1.54) is 0 Å². The number of benzene rings is 1. The number of halogens is 1. The summed E-state index contributed by atoms with van der Waals surface area (Å²) in [6, 6.07) is 9.47. The Kier molecular flexibility index (Phi) is 4.12. The quantitative estimate of drug-likeness (QED) is 0.833. The molecule has 2 aromatic rings. The summed E-state index contributed by atoms with van der Waals surface area (Å²) in [4.78, 5) is 7.95. The summed E-state index contributed by atoms with van der Waals surface area (Å²) in [5, 5.41) is 13.3. The lowest BCUT2D eigenvalue weighted by molar-refractivity contribution is 0.191. The summed E-state index contributed by atoms with van der Waals surface area (Å²) >= 11 is 5.72. The lowest BCUT2D eigenvalue weighted by atomic mass is 10.1. The van der Waals surface area contributed by atoms with Gasteiger partial charge in [0.1, 0.15) is 5.82 Å². The van der Waals surface area contributed by atoms with Crippen molar-refractivity contribution in [1.82, 2.24) is 9.97 Å². The Balaban J connectivity index is 2.01.